The van der Waals surface area contributed by atoms with Crippen molar-refractivity contribution in [3.05, 3.63) is 57.8 Å². The van der Waals surface area contributed by atoms with Gasteiger partial charge in [-0.3, -0.25) is 4.79 Å². The van der Waals surface area contributed by atoms with Crippen LogP contribution in [-0.2, 0) is 12.0 Å². The van der Waals surface area contributed by atoms with E-state index in [2.05, 4.69) is 26.6 Å². The maximum Gasteiger partial charge on any atom is 0.249 e. The number of nitrogens with two attached hydrogens (primary N) is 1. The average molecular weight is 388 g/mol. The molecule has 1 aromatic carbocycles. The van der Waals surface area contributed by atoms with Crippen LogP contribution in [0.1, 0.15) is 27.9 Å². The van der Waals surface area contributed by atoms with Crippen molar-refractivity contribution in [1.29, 1.82) is 0 Å². The quantitative estimate of drug-likeness (QED) is 0.764. The molecule has 1 aromatic heterocycles. The minimum atomic E-state index is -1.05. The van der Waals surface area contributed by atoms with E-state index in [9.17, 15) is 9.90 Å². The molecule has 0 saturated carbocycles. The van der Waals surface area contributed by atoms with Crippen LogP contribution in [-0.4, -0.2) is 61.1 Å². The van der Waals surface area contributed by atoms with Gasteiger partial charge < -0.3 is 20.6 Å². The van der Waals surface area contributed by atoms with E-state index in [4.69, 9.17) is 5.73 Å². The highest BCUT2D eigenvalue weighted by molar-refractivity contribution is 7.07. The molecule has 0 radical (unpaired) electrons. The number of carbonyl (C=O) groups is 1. The first kappa shape index (κ1) is 20.0. The summed E-state index contributed by atoms with van der Waals surface area (Å²) in [6.45, 7) is 3.33. The molecule has 2 aromatic rings. The standard InChI is InChI=1S/C21H29N3O2S/c1-23(2)13-17-14-24(10-7-16-8-12-27-15-16)11-9-21(17,26)19-6-4-3-5-18(19)20(22)25/h3-6,8,12,15,17,26H,7,9-11,13-14H2,1-2H3,(H2,22,25). The summed E-state index contributed by atoms with van der Waals surface area (Å²) < 4.78 is 0. The average Bonchev–Trinajstić information content (AvgIpc) is 3.15. The molecule has 2 atom stereocenters. The smallest absolute Gasteiger partial charge is 0.249 e. The van der Waals surface area contributed by atoms with Crippen molar-refractivity contribution in [3.8, 4) is 0 Å². The first-order valence-electron chi connectivity index (χ1n) is 9.40. The molecule has 3 N–H and O–H groups in total. The number of piperidine rings is 1. The molecule has 1 amide bonds. The lowest BCUT2D eigenvalue weighted by molar-refractivity contribution is -0.0846. The molecule has 1 aliphatic rings. The van der Waals surface area contributed by atoms with Gasteiger partial charge in [0.25, 0.3) is 0 Å². The van der Waals surface area contributed by atoms with E-state index in [-0.39, 0.29) is 5.92 Å². The monoisotopic (exact) mass is 387 g/mol. The Morgan fingerprint density at radius 1 is 1.37 bits per heavy atom. The van der Waals surface area contributed by atoms with Gasteiger partial charge in [0.15, 0.2) is 0 Å². The molecule has 146 valence electrons. The lowest BCUT2D eigenvalue weighted by Crippen LogP contribution is -2.54. The number of likely N-dealkylation sites (tertiary alicyclic amines) is 1. The summed E-state index contributed by atoms with van der Waals surface area (Å²) in [6, 6.07) is 9.40. The molecule has 0 spiro atoms. The second-order valence-corrected chi connectivity index (χ2v) is 8.51. The summed E-state index contributed by atoms with van der Waals surface area (Å²) in [5.74, 6) is -0.480. The van der Waals surface area contributed by atoms with Crippen LogP contribution < -0.4 is 5.73 Å². The maximum atomic E-state index is 11.9. The number of hydrogen-bond acceptors (Lipinski definition) is 5. The van der Waals surface area contributed by atoms with Gasteiger partial charge in [-0.25, -0.2) is 0 Å². The Hall–Kier alpha value is -1.73. The van der Waals surface area contributed by atoms with Crippen molar-refractivity contribution in [1.82, 2.24) is 9.80 Å². The summed E-state index contributed by atoms with van der Waals surface area (Å²) in [5.41, 5.74) is 7.00. The van der Waals surface area contributed by atoms with Crippen LogP contribution >= 0.6 is 11.3 Å². The van der Waals surface area contributed by atoms with Gasteiger partial charge in [-0.2, -0.15) is 11.3 Å². The molecule has 5 nitrogen and oxygen atoms in total. The van der Waals surface area contributed by atoms with Gasteiger partial charge in [-0.05, 0) is 61.0 Å². The zero-order chi connectivity index (χ0) is 19.4. The highest BCUT2D eigenvalue weighted by Gasteiger charge is 2.44. The second-order valence-electron chi connectivity index (χ2n) is 7.73. The zero-order valence-electron chi connectivity index (χ0n) is 16.1. The van der Waals surface area contributed by atoms with Gasteiger partial charge >= 0.3 is 0 Å². The number of amides is 1. The van der Waals surface area contributed by atoms with E-state index < -0.39 is 11.5 Å². The lowest BCUT2D eigenvalue weighted by Gasteiger charge is -2.46. The van der Waals surface area contributed by atoms with Crippen LogP contribution in [0.5, 0.6) is 0 Å². The molecular formula is C21H29N3O2S. The Morgan fingerprint density at radius 3 is 2.81 bits per heavy atom. The third kappa shape index (κ3) is 4.58. The minimum absolute atomic E-state index is 0.00391. The van der Waals surface area contributed by atoms with E-state index in [1.54, 1.807) is 23.5 Å². The molecular weight excluding hydrogens is 358 g/mol. The Labute approximate surface area is 165 Å². The number of hydrogen-bond donors (Lipinski definition) is 2. The number of thiophene rings is 1. The molecule has 0 aliphatic carbocycles. The van der Waals surface area contributed by atoms with E-state index in [1.165, 1.54) is 5.56 Å². The summed E-state index contributed by atoms with van der Waals surface area (Å²) in [6.07, 6.45) is 1.62. The first-order valence-corrected chi connectivity index (χ1v) is 10.3. The molecule has 2 heterocycles. The maximum absolute atomic E-state index is 11.9. The predicted octanol–water partition coefficient (Wildman–Crippen LogP) is 2.16. The van der Waals surface area contributed by atoms with Crippen LogP contribution in [0, 0.1) is 5.92 Å². The lowest BCUT2D eigenvalue weighted by atomic mass is 9.74. The molecule has 1 fully saturated rings. The highest BCUT2D eigenvalue weighted by Crippen LogP contribution is 2.39. The van der Waals surface area contributed by atoms with Gasteiger partial charge in [0.1, 0.15) is 0 Å². The van der Waals surface area contributed by atoms with Gasteiger partial charge in [0, 0.05) is 37.7 Å². The van der Waals surface area contributed by atoms with Crippen molar-refractivity contribution >= 4 is 17.2 Å². The number of primary amides is 1. The van der Waals surface area contributed by atoms with Crippen molar-refractivity contribution in [2.45, 2.75) is 18.4 Å². The highest BCUT2D eigenvalue weighted by atomic mass is 32.1. The molecule has 1 aliphatic heterocycles. The van der Waals surface area contributed by atoms with Crippen LogP contribution in [0.3, 0.4) is 0 Å². The van der Waals surface area contributed by atoms with E-state index >= 15 is 0 Å². The zero-order valence-corrected chi connectivity index (χ0v) is 16.9. The topological polar surface area (TPSA) is 69.8 Å². The third-order valence-electron chi connectivity index (χ3n) is 5.50. The summed E-state index contributed by atoms with van der Waals surface area (Å²) in [4.78, 5) is 16.5. The SMILES string of the molecule is CN(C)CC1CN(CCc2ccsc2)CCC1(O)c1ccccc1C(N)=O. The van der Waals surface area contributed by atoms with Crippen molar-refractivity contribution < 1.29 is 9.90 Å². The van der Waals surface area contributed by atoms with E-state index in [0.717, 1.165) is 32.6 Å². The Kier molecular flexibility index (Phi) is 6.32. The normalized spacial score (nSPS) is 23.6. The summed E-state index contributed by atoms with van der Waals surface area (Å²) >= 11 is 1.73. The van der Waals surface area contributed by atoms with E-state index in [0.29, 0.717) is 17.5 Å². The molecule has 2 unspecified atom stereocenters. The molecule has 3 rings (SSSR count). The second kappa shape index (κ2) is 8.52. The Morgan fingerprint density at radius 2 is 2.15 bits per heavy atom. The van der Waals surface area contributed by atoms with Gasteiger partial charge in [0.05, 0.1) is 5.60 Å². The van der Waals surface area contributed by atoms with Crippen LogP contribution in [0.15, 0.2) is 41.1 Å². The molecule has 0 bridgehead atoms. The van der Waals surface area contributed by atoms with Crippen molar-refractivity contribution in [3.63, 3.8) is 0 Å². The van der Waals surface area contributed by atoms with Crippen molar-refractivity contribution in [2.75, 3.05) is 40.3 Å². The largest absolute Gasteiger partial charge is 0.385 e. The molecule has 27 heavy (non-hydrogen) atoms. The van der Waals surface area contributed by atoms with Gasteiger partial charge in [0.2, 0.25) is 5.91 Å². The Balaban J connectivity index is 1.81. The summed E-state index contributed by atoms with van der Waals surface area (Å²) in [7, 11) is 4.04. The van der Waals surface area contributed by atoms with Gasteiger partial charge in [-0.1, -0.05) is 18.2 Å². The Bertz CT molecular complexity index is 763. The number of aliphatic hydroxyl groups is 1. The van der Waals surface area contributed by atoms with E-state index in [1.807, 2.05) is 26.2 Å². The minimum Gasteiger partial charge on any atom is -0.385 e. The van der Waals surface area contributed by atoms with Gasteiger partial charge in [-0.15, -0.1) is 0 Å². The number of nitrogens with zero attached hydrogens (tertiary/aromatic N) is 2. The summed E-state index contributed by atoms with van der Waals surface area (Å²) in [5, 5.41) is 16.0. The fourth-order valence-electron chi connectivity index (χ4n) is 4.09. The predicted molar refractivity (Wildman–Crippen MR) is 110 cm³/mol. The number of carbonyl (C=O) groups excluding carboxylic acids is 1. The van der Waals surface area contributed by atoms with Crippen LogP contribution in [0.4, 0.5) is 0 Å². The van der Waals surface area contributed by atoms with Crippen LogP contribution in [0.25, 0.3) is 0 Å². The number of rotatable bonds is 7. The van der Waals surface area contributed by atoms with Crippen molar-refractivity contribution in [2.24, 2.45) is 11.7 Å². The molecule has 1 saturated heterocycles. The molecule has 6 heteroatoms. The third-order valence-corrected chi connectivity index (χ3v) is 6.24. The first-order chi connectivity index (χ1) is 12.9. The fourth-order valence-corrected chi connectivity index (χ4v) is 4.79. The number of benzene rings is 1. The van der Waals surface area contributed by atoms with Crippen LogP contribution in [0.2, 0.25) is 0 Å². The fraction of sp³-hybridized carbons (Fsp3) is 0.476.